The molecule has 0 unspecified atom stereocenters. The Kier molecular flexibility index (Phi) is 9.99. The number of nitrogens with zero attached hydrogens (tertiary/aromatic N) is 2. The summed E-state index contributed by atoms with van der Waals surface area (Å²) in [6.45, 7) is 6.97. The maximum atomic E-state index is 13.9. The minimum atomic E-state index is -4.08. The number of benzene rings is 3. The van der Waals surface area contributed by atoms with Crippen LogP contribution < -0.4 is 9.62 Å². The van der Waals surface area contributed by atoms with Gasteiger partial charge in [-0.15, -0.1) is 11.8 Å². The summed E-state index contributed by atoms with van der Waals surface area (Å²) in [6.07, 6.45) is 1.92. The van der Waals surface area contributed by atoms with Gasteiger partial charge in [0.1, 0.15) is 12.6 Å². The van der Waals surface area contributed by atoms with Crippen LogP contribution >= 0.6 is 11.8 Å². The second-order valence-corrected chi connectivity index (χ2v) is 12.1. The van der Waals surface area contributed by atoms with Crippen LogP contribution in [0.1, 0.15) is 31.9 Å². The van der Waals surface area contributed by atoms with Gasteiger partial charge in [0, 0.05) is 17.5 Å². The molecule has 0 fully saturated rings. The van der Waals surface area contributed by atoms with Crippen molar-refractivity contribution >= 4 is 39.3 Å². The molecule has 38 heavy (non-hydrogen) atoms. The van der Waals surface area contributed by atoms with E-state index in [9.17, 15) is 18.0 Å². The van der Waals surface area contributed by atoms with Crippen LogP contribution in [0.5, 0.6) is 0 Å². The first-order valence-corrected chi connectivity index (χ1v) is 15.1. The lowest BCUT2D eigenvalue weighted by Gasteiger charge is -2.32. The van der Waals surface area contributed by atoms with Gasteiger partial charge in [-0.25, -0.2) is 8.42 Å². The van der Waals surface area contributed by atoms with Crippen molar-refractivity contribution in [2.45, 2.75) is 56.1 Å². The summed E-state index contributed by atoms with van der Waals surface area (Å²) >= 11 is 1.51. The van der Waals surface area contributed by atoms with Crippen LogP contribution in [-0.2, 0) is 26.2 Å². The Morgan fingerprint density at radius 2 is 1.50 bits per heavy atom. The summed E-state index contributed by atoms with van der Waals surface area (Å²) in [5.74, 6) is -0.785. The molecule has 3 aromatic rings. The smallest absolute Gasteiger partial charge is 0.264 e. The molecule has 0 saturated heterocycles. The van der Waals surface area contributed by atoms with E-state index in [-0.39, 0.29) is 23.4 Å². The average molecular weight is 554 g/mol. The molecule has 0 aliphatic rings. The lowest BCUT2D eigenvalue weighted by atomic mass is 10.1. The quantitative estimate of drug-likeness (QED) is 0.343. The fourth-order valence-electron chi connectivity index (χ4n) is 3.88. The van der Waals surface area contributed by atoms with Crippen LogP contribution in [0, 0.1) is 6.92 Å². The van der Waals surface area contributed by atoms with Gasteiger partial charge in [-0.3, -0.25) is 13.9 Å². The molecule has 0 aliphatic heterocycles. The number of hydrogen-bond acceptors (Lipinski definition) is 5. The van der Waals surface area contributed by atoms with Crippen LogP contribution in [0.2, 0.25) is 0 Å². The number of rotatable bonds is 11. The van der Waals surface area contributed by atoms with Gasteiger partial charge in [0.2, 0.25) is 11.8 Å². The second-order valence-electron chi connectivity index (χ2n) is 9.37. The summed E-state index contributed by atoms with van der Waals surface area (Å²) in [7, 11) is -4.08. The third-order valence-corrected chi connectivity index (χ3v) is 8.57. The van der Waals surface area contributed by atoms with Gasteiger partial charge in [-0.05, 0) is 75.9 Å². The molecule has 0 aromatic heterocycles. The molecule has 1 atom stereocenters. The highest BCUT2D eigenvalue weighted by Crippen LogP contribution is 2.26. The molecule has 9 heteroatoms. The average Bonchev–Trinajstić information content (AvgIpc) is 2.90. The van der Waals surface area contributed by atoms with E-state index in [2.05, 4.69) is 5.32 Å². The number of sulfonamides is 1. The molecule has 0 bridgehead atoms. The topological polar surface area (TPSA) is 86.8 Å². The first-order valence-electron chi connectivity index (χ1n) is 12.4. The summed E-state index contributed by atoms with van der Waals surface area (Å²) in [5, 5.41) is 2.86. The zero-order valence-electron chi connectivity index (χ0n) is 22.4. The summed E-state index contributed by atoms with van der Waals surface area (Å²) in [4.78, 5) is 29.2. The minimum absolute atomic E-state index is 0.0869. The summed E-state index contributed by atoms with van der Waals surface area (Å²) < 4.78 is 28.8. The van der Waals surface area contributed by atoms with Gasteiger partial charge < -0.3 is 10.2 Å². The van der Waals surface area contributed by atoms with Gasteiger partial charge in [0.15, 0.2) is 0 Å². The fourth-order valence-corrected chi connectivity index (χ4v) is 5.70. The molecule has 3 aromatic carbocycles. The number of thioether (sulfide) groups is 1. The number of carbonyl (C=O) groups is 2. The van der Waals surface area contributed by atoms with Crippen molar-refractivity contribution in [3.05, 3.63) is 90.0 Å². The Bertz CT molecular complexity index is 1330. The van der Waals surface area contributed by atoms with E-state index in [1.807, 2.05) is 57.4 Å². The Morgan fingerprint density at radius 3 is 2.05 bits per heavy atom. The molecule has 3 rings (SSSR count). The maximum Gasteiger partial charge on any atom is 0.264 e. The first-order chi connectivity index (χ1) is 18.0. The van der Waals surface area contributed by atoms with Crippen molar-refractivity contribution in [2.75, 3.05) is 17.1 Å². The van der Waals surface area contributed by atoms with Crippen LogP contribution in [0.15, 0.2) is 88.7 Å². The highest BCUT2D eigenvalue weighted by molar-refractivity contribution is 7.98. The van der Waals surface area contributed by atoms with Gasteiger partial charge in [0.25, 0.3) is 10.0 Å². The Balaban J connectivity index is 2.01. The fraction of sp³-hybridized carbons (Fsp3) is 0.310. The molecule has 0 saturated carbocycles. The van der Waals surface area contributed by atoms with E-state index in [1.165, 1.54) is 16.7 Å². The highest BCUT2D eigenvalue weighted by atomic mass is 32.2. The Morgan fingerprint density at radius 1 is 0.895 bits per heavy atom. The highest BCUT2D eigenvalue weighted by Gasteiger charge is 2.32. The molecule has 0 radical (unpaired) electrons. The predicted octanol–water partition coefficient (Wildman–Crippen LogP) is 4.85. The molecular formula is C29H35N3O4S2. The van der Waals surface area contributed by atoms with E-state index in [1.54, 1.807) is 55.5 Å². The third kappa shape index (κ3) is 7.39. The molecule has 0 spiro atoms. The van der Waals surface area contributed by atoms with E-state index < -0.39 is 28.5 Å². The monoisotopic (exact) mass is 553 g/mol. The molecule has 202 valence electrons. The van der Waals surface area contributed by atoms with E-state index in [0.717, 1.165) is 20.3 Å². The number of aryl methyl sites for hydroxylation is 1. The minimum Gasteiger partial charge on any atom is -0.352 e. The molecule has 0 heterocycles. The van der Waals surface area contributed by atoms with Gasteiger partial charge in [0.05, 0.1) is 10.6 Å². The zero-order valence-corrected chi connectivity index (χ0v) is 24.1. The number of amides is 2. The first kappa shape index (κ1) is 29.3. The Hall–Kier alpha value is -3.30. The maximum absolute atomic E-state index is 13.9. The van der Waals surface area contributed by atoms with Crippen LogP contribution in [0.4, 0.5) is 5.69 Å². The van der Waals surface area contributed by atoms with E-state index >= 15 is 0 Å². The van der Waals surface area contributed by atoms with Crippen molar-refractivity contribution in [3.8, 4) is 0 Å². The van der Waals surface area contributed by atoms with Crippen LogP contribution in [0.3, 0.4) is 0 Å². The second kappa shape index (κ2) is 13.0. The number of hydrogen-bond donors (Lipinski definition) is 1. The number of anilines is 1. The SMILES string of the molecule is CSc1ccc(S(=O)(=O)N(CC(=O)N(Cc2ccccc2)[C@@H](C)C(=O)NC(C)C)c2ccc(C)cc2)cc1. The van der Waals surface area contributed by atoms with Crippen LogP contribution in [-0.4, -0.2) is 50.0 Å². The van der Waals surface area contributed by atoms with Gasteiger partial charge >= 0.3 is 0 Å². The van der Waals surface area contributed by atoms with Crippen molar-refractivity contribution in [1.82, 2.24) is 10.2 Å². The molecular weight excluding hydrogens is 518 g/mol. The van der Waals surface area contributed by atoms with Crippen molar-refractivity contribution in [2.24, 2.45) is 0 Å². The normalized spacial score (nSPS) is 12.2. The predicted molar refractivity (Wildman–Crippen MR) is 154 cm³/mol. The van der Waals surface area contributed by atoms with E-state index in [0.29, 0.717) is 5.69 Å². The molecule has 0 aliphatic carbocycles. The lowest BCUT2D eigenvalue weighted by Crippen LogP contribution is -2.52. The van der Waals surface area contributed by atoms with Gasteiger partial charge in [-0.1, -0.05) is 48.0 Å². The summed E-state index contributed by atoms with van der Waals surface area (Å²) in [5.41, 5.74) is 2.17. The van der Waals surface area contributed by atoms with Crippen molar-refractivity contribution in [1.29, 1.82) is 0 Å². The number of nitrogens with one attached hydrogen (secondary N) is 1. The third-order valence-electron chi connectivity index (χ3n) is 6.04. The van der Waals surface area contributed by atoms with E-state index in [4.69, 9.17) is 0 Å². The largest absolute Gasteiger partial charge is 0.352 e. The van der Waals surface area contributed by atoms with Gasteiger partial charge in [-0.2, -0.15) is 0 Å². The summed E-state index contributed by atoms with van der Waals surface area (Å²) in [6, 6.07) is 22.0. The zero-order chi connectivity index (χ0) is 27.9. The van der Waals surface area contributed by atoms with Crippen molar-refractivity contribution in [3.63, 3.8) is 0 Å². The van der Waals surface area contributed by atoms with Crippen molar-refractivity contribution < 1.29 is 18.0 Å². The molecule has 2 amide bonds. The Labute approximate surface area is 230 Å². The standard InChI is InChI=1S/C29H35N3O4S2/c1-21(2)30-29(34)23(4)31(19-24-9-7-6-8-10-24)28(33)20-32(25-13-11-22(3)12-14-25)38(35,36)27-17-15-26(37-5)16-18-27/h6-18,21,23H,19-20H2,1-5H3,(H,30,34)/t23-/m0/s1. The van der Waals surface area contributed by atoms with Crippen LogP contribution in [0.25, 0.3) is 0 Å². The number of carbonyl (C=O) groups excluding carboxylic acids is 2. The molecule has 1 N–H and O–H groups in total. The lowest BCUT2D eigenvalue weighted by molar-refractivity contribution is -0.139. The molecule has 7 nitrogen and oxygen atoms in total.